The van der Waals surface area contributed by atoms with Crippen molar-refractivity contribution >= 4 is 7.82 Å². The Kier molecular flexibility index (Phi) is 5.64. The Balaban J connectivity index is 2.27. The minimum Gasteiger partial charge on any atom is -0.404 e. The summed E-state index contributed by atoms with van der Waals surface area (Å²) in [6.45, 7) is 14.4. The first-order valence-corrected chi connectivity index (χ1v) is 10.4. The lowest BCUT2D eigenvalue weighted by Gasteiger charge is -2.44. The molecule has 0 fully saturated rings. The summed E-state index contributed by atoms with van der Waals surface area (Å²) in [4.78, 5) is 10.4. The Hall–Kier alpha value is -1.35. The lowest BCUT2D eigenvalue weighted by molar-refractivity contribution is -0.00994. The van der Waals surface area contributed by atoms with Gasteiger partial charge in [0.05, 0.1) is 0 Å². The fourth-order valence-corrected chi connectivity index (χ4v) is 4.14. The molecular weight excluding hydrogens is 347 g/mol. The molecule has 26 heavy (non-hydrogen) atoms. The van der Waals surface area contributed by atoms with Crippen molar-refractivity contribution in [2.24, 2.45) is 10.8 Å². The average molecular weight is 378 g/mol. The van der Waals surface area contributed by atoms with Gasteiger partial charge in [-0.1, -0.05) is 77.5 Å². The number of allylic oxidation sites excluding steroid dienone is 2. The second-order valence-corrected chi connectivity index (χ2v) is 10.4. The summed E-state index contributed by atoms with van der Waals surface area (Å²) in [5, 5.41) is 0. The van der Waals surface area contributed by atoms with Crippen molar-refractivity contribution in [2.45, 2.75) is 60.5 Å². The number of phosphoric ester groups is 1. The van der Waals surface area contributed by atoms with E-state index in [1.165, 1.54) is 5.57 Å². The quantitative estimate of drug-likeness (QED) is 0.633. The van der Waals surface area contributed by atoms with Crippen LogP contribution >= 0.6 is 7.82 Å². The number of hydrogen-bond acceptors (Lipinski definition) is 3. The third-order valence-corrected chi connectivity index (χ3v) is 5.81. The van der Waals surface area contributed by atoms with Gasteiger partial charge in [-0.2, -0.15) is 0 Å². The van der Waals surface area contributed by atoms with Gasteiger partial charge in [0.25, 0.3) is 0 Å². The normalized spacial score (nSPS) is 23.3. The maximum Gasteiger partial charge on any atom is 0.528 e. The molecule has 1 aromatic carbocycles. The van der Waals surface area contributed by atoms with E-state index in [0.717, 1.165) is 5.56 Å². The first-order valence-electron chi connectivity index (χ1n) is 8.94. The van der Waals surface area contributed by atoms with Gasteiger partial charge in [0, 0.05) is 0 Å². The third-order valence-electron chi connectivity index (χ3n) is 4.81. The van der Waals surface area contributed by atoms with E-state index in [1.54, 1.807) is 12.1 Å². The van der Waals surface area contributed by atoms with Gasteiger partial charge < -0.3 is 4.52 Å². The Morgan fingerprint density at radius 3 is 2.08 bits per heavy atom. The Labute approximate surface area is 157 Å². The van der Waals surface area contributed by atoms with Crippen LogP contribution in [0.25, 0.3) is 0 Å². The van der Waals surface area contributed by atoms with Crippen LogP contribution in [0.15, 0.2) is 48.1 Å². The number of aryl methyl sites for hydroxylation is 1. The molecule has 0 aliphatic heterocycles. The summed E-state index contributed by atoms with van der Waals surface area (Å²) >= 11 is 0. The predicted octanol–water partition coefficient (Wildman–Crippen LogP) is 6.21. The molecule has 1 N–H and O–H groups in total. The predicted molar refractivity (Wildman–Crippen MR) is 106 cm³/mol. The van der Waals surface area contributed by atoms with Crippen molar-refractivity contribution in [3.63, 3.8) is 0 Å². The van der Waals surface area contributed by atoms with E-state index < -0.39 is 18.8 Å². The molecule has 1 aromatic rings. The summed E-state index contributed by atoms with van der Waals surface area (Å²) in [5.74, 6) is 0.316. The van der Waals surface area contributed by atoms with Gasteiger partial charge in [0.15, 0.2) is 0 Å². The lowest BCUT2D eigenvalue weighted by Crippen LogP contribution is -2.44. The molecule has 144 valence electrons. The van der Waals surface area contributed by atoms with Gasteiger partial charge in [0.2, 0.25) is 0 Å². The summed E-state index contributed by atoms with van der Waals surface area (Å²) in [6.07, 6.45) is 6.52. The second kappa shape index (κ2) is 6.99. The van der Waals surface area contributed by atoms with Crippen molar-refractivity contribution in [3.05, 3.63) is 53.6 Å². The first-order chi connectivity index (χ1) is 11.7. The topological polar surface area (TPSA) is 55.8 Å². The van der Waals surface area contributed by atoms with Crippen LogP contribution in [0.1, 0.15) is 53.5 Å². The second-order valence-electron chi connectivity index (χ2n) is 9.05. The molecule has 0 saturated heterocycles. The lowest BCUT2D eigenvalue weighted by atomic mass is 9.70. The molecular formula is C21H31O4P. The standard InChI is InChI=1S/C21H31O4P/c1-16-8-10-18(11-9-16)24-26(22,23)25-21(20(5,6)7)14-12-17(13-15-21)19(2,3)4/h8-14H,15H2,1-7H3,(H,22,23). The van der Waals surface area contributed by atoms with Crippen molar-refractivity contribution in [1.82, 2.24) is 0 Å². The van der Waals surface area contributed by atoms with E-state index >= 15 is 0 Å². The van der Waals surface area contributed by atoms with Crippen LogP contribution in [0.4, 0.5) is 0 Å². The zero-order valence-electron chi connectivity index (χ0n) is 16.9. The zero-order chi connectivity index (χ0) is 19.8. The van der Waals surface area contributed by atoms with E-state index in [4.69, 9.17) is 9.05 Å². The Bertz CT molecular complexity index is 748. The van der Waals surface area contributed by atoms with Crippen LogP contribution in [-0.2, 0) is 9.09 Å². The minimum atomic E-state index is -4.30. The number of hydrogen-bond donors (Lipinski definition) is 1. The van der Waals surface area contributed by atoms with Crippen molar-refractivity contribution in [2.75, 3.05) is 0 Å². The molecule has 0 amide bonds. The number of rotatable bonds is 4. The van der Waals surface area contributed by atoms with E-state index in [0.29, 0.717) is 12.2 Å². The molecule has 2 rings (SSSR count). The average Bonchev–Trinajstić information content (AvgIpc) is 2.47. The van der Waals surface area contributed by atoms with Crippen molar-refractivity contribution < 1.29 is 18.5 Å². The fourth-order valence-electron chi connectivity index (χ4n) is 2.90. The van der Waals surface area contributed by atoms with Gasteiger partial charge in [-0.15, -0.1) is 0 Å². The molecule has 0 bridgehead atoms. The van der Waals surface area contributed by atoms with Gasteiger partial charge >= 0.3 is 7.82 Å². The highest BCUT2D eigenvalue weighted by Crippen LogP contribution is 2.55. The maximum atomic E-state index is 12.7. The highest BCUT2D eigenvalue weighted by molar-refractivity contribution is 7.47. The van der Waals surface area contributed by atoms with Crippen LogP contribution in [-0.4, -0.2) is 10.5 Å². The fraction of sp³-hybridized carbons (Fsp3) is 0.524. The van der Waals surface area contributed by atoms with E-state index in [-0.39, 0.29) is 5.41 Å². The molecule has 2 unspecified atom stereocenters. The summed E-state index contributed by atoms with van der Waals surface area (Å²) in [6, 6.07) is 6.99. The molecule has 4 nitrogen and oxygen atoms in total. The Morgan fingerprint density at radius 1 is 1.08 bits per heavy atom. The maximum absolute atomic E-state index is 12.7. The Morgan fingerprint density at radius 2 is 1.65 bits per heavy atom. The first kappa shape index (κ1) is 21.0. The molecule has 0 aromatic heterocycles. The molecule has 0 heterocycles. The number of phosphoric acid groups is 1. The molecule has 0 radical (unpaired) electrons. The summed E-state index contributed by atoms with van der Waals surface area (Å²) in [5.41, 5.74) is 0.942. The molecule has 1 aliphatic rings. The van der Waals surface area contributed by atoms with Crippen LogP contribution in [0, 0.1) is 17.8 Å². The van der Waals surface area contributed by atoms with Gasteiger partial charge in [0.1, 0.15) is 11.4 Å². The highest BCUT2D eigenvalue weighted by Gasteiger charge is 2.47. The van der Waals surface area contributed by atoms with E-state index in [2.05, 4.69) is 26.8 Å². The van der Waals surface area contributed by atoms with Gasteiger partial charge in [-0.05, 0) is 41.9 Å². The molecule has 5 heteroatoms. The number of benzene rings is 1. The molecule has 1 aliphatic carbocycles. The molecule has 0 saturated carbocycles. The van der Waals surface area contributed by atoms with Crippen LogP contribution in [0.2, 0.25) is 0 Å². The molecule has 2 atom stereocenters. The summed E-state index contributed by atoms with van der Waals surface area (Å²) < 4.78 is 23.8. The minimum absolute atomic E-state index is 0.0157. The molecule has 0 spiro atoms. The van der Waals surface area contributed by atoms with Crippen molar-refractivity contribution in [1.29, 1.82) is 0 Å². The van der Waals surface area contributed by atoms with Crippen LogP contribution in [0.3, 0.4) is 0 Å². The van der Waals surface area contributed by atoms with E-state index in [1.807, 2.05) is 52.0 Å². The summed E-state index contributed by atoms with van der Waals surface area (Å²) in [7, 11) is -4.30. The van der Waals surface area contributed by atoms with Gasteiger partial charge in [-0.3, -0.25) is 9.42 Å². The third kappa shape index (κ3) is 4.88. The van der Waals surface area contributed by atoms with Crippen LogP contribution < -0.4 is 4.52 Å². The SMILES string of the molecule is Cc1ccc(OP(=O)(O)OC2(C(C)(C)C)C=CC(C(C)(C)C)=CC2)cc1. The zero-order valence-corrected chi connectivity index (χ0v) is 17.8. The smallest absolute Gasteiger partial charge is 0.404 e. The monoisotopic (exact) mass is 378 g/mol. The largest absolute Gasteiger partial charge is 0.528 e. The van der Waals surface area contributed by atoms with Crippen LogP contribution in [0.5, 0.6) is 5.75 Å². The van der Waals surface area contributed by atoms with Gasteiger partial charge in [-0.25, -0.2) is 4.57 Å². The highest BCUT2D eigenvalue weighted by atomic mass is 31.2. The van der Waals surface area contributed by atoms with Crippen molar-refractivity contribution in [3.8, 4) is 5.75 Å². The van der Waals surface area contributed by atoms with E-state index in [9.17, 15) is 9.46 Å².